The lowest BCUT2D eigenvalue weighted by Crippen LogP contribution is -2.40. The summed E-state index contributed by atoms with van der Waals surface area (Å²) >= 11 is 0. The summed E-state index contributed by atoms with van der Waals surface area (Å²) in [7, 11) is 0. The van der Waals surface area contributed by atoms with Crippen LogP contribution in [-0.4, -0.2) is 48.9 Å². The Labute approximate surface area is 195 Å². The van der Waals surface area contributed by atoms with Gasteiger partial charge < -0.3 is 9.88 Å². The Morgan fingerprint density at radius 2 is 1.85 bits per heavy atom. The molecule has 1 fully saturated rings. The summed E-state index contributed by atoms with van der Waals surface area (Å²) in [6.45, 7) is 3.53. The van der Waals surface area contributed by atoms with E-state index in [1.165, 1.54) is 12.1 Å². The van der Waals surface area contributed by atoms with Crippen molar-refractivity contribution in [2.75, 3.05) is 13.1 Å². The van der Waals surface area contributed by atoms with Crippen LogP contribution in [0.1, 0.15) is 41.3 Å². The predicted molar refractivity (Wildman–Crippen MR) is 125 cm³/mol. The van der Waals surface area contributed by atoms with Gasteiger partial charge in [-0.25, -0.2) is 14.1 Å². The van der Waals surface area contributed by atoms with E-state index in [0.717, 1.165) is 29.5 Å². The van der Waals surface area contributed by atoms with Crippen LogP contribution in [0.2, 0.25) is 0 Å². The van der Waals surface area contributed by atoms with Gasteiger partial charge in [0.2, 0.25) is 5.91 Å². The van der Waals surface area contributed by atoms with E-state index >= 15 is 0 Å². The van der Waals surface area contributed by atoms with Gasteiger partial charge in [0.25, 0.3) is 5.56 Å². The maximum Gasteiger partial charge on any atom is 0.281 e. The number of piperidine rings is 1. The molecular formula is C25H25FN6O2. The summed E-state index contributed by atoms with van der Waals surface area (Å²) in [5.41, 5.74) is 3.16. The molecule has 0 aliphatic carbocycles. The highest BCUT2D eigenvalue weighted by atomic mass is 19.1. The van der Waals surface area contributed by atoms with Crippen molar-refractivity contribution < 1.29 is 9.18 Å². The third-order valence-corrected chi connectivity index (χ3v) is 6.27. The van der Waals surface area contributed by atoms with Crippen molar-refractivity contribution in [3.05, 3.63) is 87.2 Å². The number of nitrogens with one attached hydrogen (secondary N) is 1. The summed E-state index contributed by atoms with van der Waals surface area (Å²) in [5, 5.41) is 8.06. The SMILES string of the molecule is Cc1ccc(CC(=O)N2CCCC(c3nc4c(nnn4Cc4ccc(F)cc4)c(=O)[nH]3)C2)cc1. The number of aryl methyl sites for hydroxylation is 1. The highest BCUT2D eigenvalue weighted by molar-refractivity contribution is 5.79. The molecule has 8 nitrogen and oxygen atoms in total. The van der Waals surface area contributed by atoms with Gasteiger partial charge in [-0.2, -0.15) is 0 Å². The largest absolute Gasteiger partial charge is 0.342 e. The highest BCUT2D eigenvalue weighted by Gasteiger charge is 2.27. The maximum atomic E-state index is 13.2. The van der Waals surface area contributed by atoms with Crippen LogP contribution in [0.25, 0.3) is 11.2 Å². The molecule has 3 heterocycles. The quantitative estimate of drug-likeness (QED) is 0.494. The van der Waals surface area contributed by atoms with Crippen molar-refractivity contribution >= 4 is 17.1 Å². The van der Waals surface area contributed by atoms with Crippen molar-refractivity contribution in [1.29, 1.82) is 0 Å². The van der Waals surface area contributed by atoms with Crippen LogP contribution in [0.4, 0.5) is 4.39 Å². The number of carbonyl (C=O) groups is 1. The van der Waals surface area contributed by atoms with Crippen LogP contribution in [0.15, 0.2) is 53.3 Å². The summed E-state index contributed by atoms with van der Waals surface area (Å²) in [5.74, 6) is 0.206. The molecule has 0 saturated carbocycles. The molecule has 1 N–H and O–H groups in total. The van der Waals surface area contributed by atoms with Crippen LogP contribution in [0.3, 0.4) is 0 Å². The van der Waals surface area contributed by atoms with Crippen LogP contribution in [0.5, 0.6) is 0 Å². The Morgan fingerprint density at radius 3 is 2.62 bits per heavy atom. The molecule has 174 valence electrons. The van der Waals surface area contributed by atoms with Gasteiger partial charge in [0.05, 0.1) is 13.0 Å². The number of amides is 1. The average Bonchev–Trinajstić information content (AvgIpc) is 3.25. The zero-order valence-corrected chi connectivity index (χ0v) is 18.9. The molecule has 4 aromatic rings. The second kappa shape index (κ2) is 9.17. The number of hydrogen-bond donors (Lipinski definition) is 1. The molecule has 0 spiro atoms. The minimum Gasteiger partial charge on any atom is -0.342 e. The molecule has 1 saturated heterocycles. The molecule has 5 rings (SSSR count). The number of carbonyl (C=O) groups excluding carboxylic acids is 1. The fourth-order valence-corrected chi connectivity index (χ4v) is 4.37. The van der Waals surface area contributed by atoms with E-state index in [2.05, 4.69) is 15.3 Å². The van der Waals surface area contributed by atoms with Gasteiger partial charge in [0.15, 0.2) is 11.2 Å². The van der Waals surface area contributed by atoms with Crippen molar-refractivity contribution in [2.24, 2.45) is 0 Å². The number of benzene rings is 2. The Kier molecular flexibility index (Phi) is 5.91. The van der Waals surface area contributed by atoms with Crippen molar-refractivity contribution in [3.63, 3.8) is 0 Å². The van der Waals surface area contributed by atoms with E-state index in [1.54, 1.807) is 16.8 Å². The molecule has 1 unspecified atom stereocenters. The molecule has 1 aliphatic heterocycles. The van der Waals surface area contributed by atoms with E-state index in [0.29, 0.717) is 37.5 Å². The van der Waals surface area contributed by atoms with Gasteiger partial charge in [-0.3, -0.25) is 9.59 Å². The number of aromatic amines is 1. The van der Waals surface area contributed by atoms with Gasteiger partial charge in [-0.15, -0.1) is 5.10 Å². The standard InChI is InChI=1S/C25H25FN6O2/c1-16-4-6-17(7-5-16)13-21(33)31-12-2-3-19(15-31)23-27-24-22(25(34)28-23)29-30-32(24)14-18-8-10-20(26)11-9-18/h4-11,19H,2-3,12-15H2,1H3,(H,27,28,34). The Hall–Kier alpha value is -3.88. The Bertz CT molecular complexity index is 1380. The summed E-state index contributed by atoms with van der Waals surface area (Å²) < 4.78 is 14.8. The molecule has 1 aliphatic rings. The number of nitrogens with zero attached hydrogens (tertiary/aromatic N) is 5. The topological polar surface area (TPSA) is 96.8 Å². The lowest BCUT2D eigenvalue weighted by atomic mass is 9.96. The Morgan fingerprint density at radius 1 is 1.12 bits per heavy atom. The molecule has 0 radical (unpaired) electrons. The number of fused-ring (bicyclic) bond motifs is 1. The average molecular weight is 461 g/mol. The molecular weight excluding hydrogens is 435 g/mol. The number of likely N-dealkylation sites (tertiary alicyclic amines) is 1. The molecule has 1 amide bonds. The second-order valence-corrected chi connectivity index (χ2v) is 8.84. The molecule has 2 aromatic heterocycles. The third kappa shape index (κ3) is 4.59. The summed E-state index contributed by atoms with van der Waals surface area (Å²) in [6.07, 6.45) is 2.01. The van der Waals surface area contributed by atoms with Gasteiger partial charge >= 0.3 is 0 Å². The van der Waals surface area contributed by atoms with Crippen molar-refractivity contribution in [2.45, 2.75) is 38.6 Å². The summed E-state index contributed by atoms with van der Waals surface area (Å²) in [4.78, 5) is 35.0. The number of hydrogen-bond acceptors (Lipinski definition) is 5. The van der Waals surface area contributed by atoms with Crippen LogP contribution in [0, 0.1) is 12.7 Å². The smallest absolute Gasteiger partial charge is 0.281 e. The predicted octanol–water partition coefficient (Wildman–Crippen LogP) is 2.96. The first-order chi connectivity index (χ1) is 16.5. The molecule has 1 atom stereocenters. The van der Waals surface area contributed by atoms with Crippen LogP contribution in [-0.2, 0) is 17.8 Å². The second-order valence-electron chi connectivity index (χ2n) is 8.84. The van der Waals surface area contributed by atoms with Crippen molar-refractivity contribution in [1.82, 2.24) is 29.9 Å². The zero-order chi connectivity index (χ0) is 23.7. The minimum absolute atomic E-state index is 0.0694. The first-order valence-electron chi connectivity index (χ1n) is 11.4. The fraction of sp³-hybridized carbons (Fsp3) is 0.320. The van der Waals surface area contributed by atoms with Gasteiger partial charge in [0.1, 0.15) is 11.6 Å². The summed E-state index contributed by atoms with van der Waals surface area (Å²) in [6, 6.07) is 14.1. The first kappa shape index (κ1) is 21.9. The molecule has 9 heteroatoms. The minimum atomic E-state index is -0.353. The monoisotopic (exact) mass is 460 g/mol. The van der Waals surface area contributed by atoms with Gasteiger partial charge in [-0.05, 0) is 43.0 Å². The van der Waals surface area contributed by atoms with Gasteiger partial charge in [-0.1, -0.05) is 47.2 Å². The molecule has 2 aromatic carbocycles. The zero-order valence-electron chi connectivity index (χ0n) is 18.9. The van der Waals surface area contributed by atoms with E-state index in [4.69, 9.17) is 4.98 Å². The van der Waals surface area contributed by atoms with E-state index in [1.807, 2.05) is 36.1 Å². The van der Waals surface area contributed by atoms with Crippen molar-refractivity contribution in [3.8, 4) is 0 Å². The van der Waals surface area contributed by atoms with E-state index in [-0.39, 0.29) is 28.7 Å². The lowest BCUT2D eigenvalue weighted by Gasteiger charge is -2.32. The van der Waals surface area contributed by atoms with E-state index in [9.17, 15) is 14.0 Å². The highest BCUT2D eigenvalue weighted by Crippen LogP contribution is 2.25. The third-order valence-electron chi connectivity index (χ3n) is 6.27. The Balaban J connectivity index is 1.36. The first-order valence-corrected chi connectivity index (χ1v) is 11.4. The van der Waals surface area contributed by atoms with Crippen LogP contribution >= 0.6 is 0 Å². The number of aromatic nitrogens is 5. The fourth-order valence-electron chi connectivity index (χ4n) is 4.37. The number of rotatable bonds is 5. The lowest BCUT2D eigenvalue weighted by molar-refractivity contribution is -0.131. The number of halogens is 1. The normalized spacial score (nSPS) is 16.2. The van der Waals surface area contributed by atoms with Gasteiger partial charge in [0, 0.05) is 19.0 Å². The van der Waals surface area contributed by atoms with E-state index < -0.39 is 0 Å². The van der Waals surface area contributed by atoms with Crippen LogP contribution < -0.4 is 5.56 Å². The maximum absolute atomic E-state index is 13.2. The number of H-pyrrole nitrogens is 1. The molecule has 34 heavy (non-hydrogen) atoms. The molecule has 0 bridgehead atoms.